The Morgan fingerprint density at radius 1 is 1.30 bits per heavy atom. The molecule has 5 heteroatoms. The van der Waals surface area contributed by atoms with Gasteiger partial charge in [-0.1, -0.05) is 23.2 Å². The molecule has 1 aromatic heterocycles. The average molecular weight is 184 g/mol. The zero-order valence-corrected chi connectivity index (χ0v) is 6.05. The molecule has 1 aromatic rings. The number of aromatic nitrogens is 1. The minimum Gasteiger partial charge on any atom is -0.204 e. The van der Waals surface area contributed by atoms with E-state index in [2.05, 4.69) is 4.98 Å². The van der Waals surface area contributed by atoms with Gasteiger partial charge in [0.15, 0.2) is 11.0 Å². The molecular formula is C5HCl2F2N. The van der Waals surface area contributed by atoms with E-state index in [1.807, 2.05) is 0 Å². The van der Waals surface area contributed by atoms with Crippen LogP contribution >= 0.6 is 23.2 Å². The number of rotatable bonds is 0. The lowest BCUT2D eigenvalue weighted by molar-refractivity contribution is 0.561. The summed E-state index contributed by atoms with van der Waals surface area (Å²) < 4.78 is 24.6. The van der Waals surface area contributed by atoms with Crippen LogP contribution in [0.3, 0.4) is 0 Å². The van der Waals surface area contributed by atoms with Gasteiger partial charge in [-0.2, -0.15) is 4.39 Å². The highest BCUT2D eigenvalue weighted by atomic mass is 35.5. The predicted octanol–water partition coefficient (Wildman–Crippen LogP) is 2.67. The van der Waals surface area contributed by atoms with Crippen molar-refractivity contribution in [3.63, 3.8) is 0 Å². The van der Waals surface area contributed by atoms with Gasteiger partial charge in [0.1, 0.15) is 0 Å². The molecule has 0 N–H and O–H groups in total. The molecule has 0 atom stereocenters. The van der Waals surface area contributed by atoms with E-state index in [0.717, 1.165) is 6.07 Å². The summed E-state index contributed by atoms with van der Waals surface area (Å²) in [6, 6.07) is 0.770. The maximum atomic E-state index is 12.3. The third-order valence-electron chi connectivity index (χ3n) is 0.844. The second-order valence-electron chi connectivity index (χ2n) is 1.53. The molecule has 0 radical (unpaired) electrons. The lowest BCUT2D eigenvalue weighted by Gasteiger charge is -1.93. The van der Waals surface area contributed by atoms with Gasteiger partial charge in [0.2, 0.25) is 5.95 Å². The Labute approximate surface area is 65.6 Å². The number of hydrogen-bond donors (Lipinski definition) is 0. The summed E-state index contributed by atoms with van der Waals surface area (Å²) in [4.78, 5) is 2.96. The topological polar surface area (TPSA) is 12.9 Å². The monoisotopic (exact) mass is 183 g/mol. The van der Waals surface area contributed by atoms with Crippen LogP contribution in [0.1, 0.15) is 0 Å². The molecule has 10 heavy (non-hydrogen) atoms. The summed E-state index contributed by atoms with van der Waals surface area (Å²) >= 11 is 10.3. The van der Waals surface area contributed by atoms with Gasteiger partial charge < -0.3 is 0 Å². The molecule has 0 unspecified atom stereocenters. The fraction of sp³-hybridized carbons (Fsp3) is 0. The molecule has 0 amide bonds. The summed E-state index contributed by atoms with van der Waals surface area (Å²) in [5.41, 5.74) is 0. The van der Waals surface area contributed by atoms with Crippen LogP contribution in [0.4, 0.5) is 8.78 Å². The largest absolute Gasteiger partial charge is 0.233 e. The van der Waals surface area contributed by atoms with Crippen LogP contribution in [0.15, 0.2) is 6.07 Å². The smallest absolute Gasteiger partial charge is 0.204 e. The highest BCUT2D eigenvalue weighted by Crippen LogP contribution is 2.18. The van der Waals surface area contributed by atoms with Crippen molar-refractivity contribution in [3.05, 3.63) is 28.0 Å². The predicted molar refractivity (Wildman–Crippen MR) is 34.2 cm³/mol. The Hall–Kier alpha value is -0.410. The lowest BCUT2D eigenvalue weighted by Crippen LogP contribution is -1.88. The van der Waals surface area contributed by atoms with Gasteiger partial charge in [0.05, 0.1) is 5.02 Å². The number of nitrogens with zero attached hydrogens (tertiary/aromatic N) is 1. The summed E-state index contributed by atoms with van der Waals surface area (Å²) in [5.74, 6) is -1.79. The first-order valence-corrected chi connectivity index (χ1v) is 3.04. The second-order valence-corrected chi connectivity index (χ2v) is 2.30. The van der Waals surface area contributed by atoms with E-state index in [-0.39, 0.29) is 5.02 Å². The molecule has 0 saturated heterocycles. The van der Waals surface area contributed by atoms with E-state index in [1.165, 1.54) is 0 Å². The van der Waals surface area contributed by atoms with Crippen LogP contribution in [0, 0.1) is 11.8 Å². The molecule has 0 saturated carbocycles. The summed E-state index contributed by atoms with van der Waals surface area (Å²) in [6.07, 6.45) is 0. The average Bonchev–Trinajstić information content (AvgIpc) is 1.84. The second kappa shape index (κ2) is 2.68. The van der Waals surface area contributed by atoms with Crippen LogP contribution in [0.25, 0.3) is 0 Å². The Bertz CT molecular complexity index is 214. The summed E-state index contributed by atoms with van der Waals surface area (Å²) in [7, 11) is 0. The SMILES string of the molecule is Fc1cc(Cl)c(F)nc1Cl. The van der Waals surface area contributed by atoms with Crippen molar-refractivity contribution in [2.45, 2.75) is 0 Å². The Balaban J connectivity index is 3.28. The zero-order chi connectivity index (χ0) is 7.72. The fourth-order valence-corrected chi connectivity index (χ4v) is 0.690. The van der Waals surface area contributed by atoms with Gasteiger partial charge in [-0.15, -0.1) is 0 Å². The van der Waals surface area contributed by atoms with Crippen LogP contribution in [0.2, 0.25) is 10.2 Å². The number of halogens is 4. The molecule has 1 rings (SSSR count). The third kappa shape index (κ3) is 1.36. The number of pyridine rings is 1. The van der Waals surface area contributed by atoms with Gasteiger partial charge in [0.25, 0.3) is 0 Å². The van der Waals surface area contributed by atoms with E-state index in [0.29, 0.717) is 0 Å². The van der Waals surface area contributed by atoms with Crippen LogP contribution in [-0.4, -0.2) is 4.98 Å². The highest BCUT2D eigenvalue weighted by Gasteiger charge is 2.06. The Morgan fingerprint density at radius 2 is 1.90 bits per heavy atom. The van der Waals surface area contributed by atoms with Gasteiger partial charge in [-0.25, -0.2) is 9.37 Å². The molecule has 0 fully saturated rings. The van der Waals surface area contributed by atoms with Crippen molar-refractivity contribution in [2.75, 3.05) is 0 Å². The van der Waals surface area contributed by atoms with Crippen molar-refractivity contribution >= 4 is 23.2 Å². The van der Waals surface area contributed by atoms with Crippen LogP contribution in [0.5, 0.6) is 0 Å². The van der Waals surface area contributed by atoms with Crippen molar-refractivity contribution in [2.24, 2.45) is 0 Å². The van der Waals surface area contributed by atoms with E-state index in [1.54, 1.807) is 0 Å². The highest BCUT2D eigenvalue weighted by molar-refractivity contribution is 6.32. The third-order valence-corrected chi connectivity index (χ3v) is 1.37. The minimum atomic E-state index is -0.965. The first-order chi connectivity index (χ1) is 4.61. The van der Waals surface area contributed by atoms with Crippen LogP contribution in [-0.2, 0) is 0 Å². The molecule has 1 heterocycles. The van der Waals surface area contributed by atoms with Crippen molar-refractivity contribution in [1.82, 2.24) is 4.98 Å². The Kier molecular flexibility index (Phi) is 2.06. The Morgan fingerprint density at radius 3 is 2.40 bits per heavy atom. The van der Waals surface area contributed by atoms with Crippen molar-refractivity contribution < 1.29 is 8.78 Å². The maximum Gasteiger partial charge on any atom is 0.233 e. The van der Waals surface area contributed by atoms with E-state index in [4.69, 9.17) is 23.2 Å². The minimum absolute atomic E-state index is 0.373. The maximum absolute atomic E-state index is 12.3. The van der Waals surface area contributed by atoms with E-state index >= 15 is 0 Å². The molecule has 0 bridgehead atoms. The van der Waals surface area contributed by atoms with E-state index < -0.39 is 16.9 Å². The summed E-state index contributed by atoms with van der Waals surface area (Å²) in [5, 5.41) is -0.885. The summed E-state index contributed by atoms with van der Waals surface area (Å²) in [6.45, 7) is 0. The first kappa shape index (κ1) is 7.69. The van der Waals surface area contributed by atoms with Crippen molar-refractivity contribution in [3.8, 4) is 0 Å². The van der Waals surface area contributed by atoms with Gasteiger partial charge in [0, 0.05) is 6.07 Å². The molecule has 0 aliphatic rings. The molecule has 1 nitrogen and oxygen atoms in total. The first-order valence-electron chi connectivity index (χ1n) is 2.28. The van der Waals surface area contributed by atoms with Gasteiger partial charge >= 0.3 is 0 Å². The standard InChI is InChI=1S/C5HCl2F2N/c6-2-1-3(8)4(7)10-5(2)9/h1H. The normalized spacial score (nSPS) is 10.0. The van der Waals surface area contributed by atoms with Crippen LogP contribution < -0.4 is 0 Å². The molecular weight excluding hydrogens is 183 g/mol. The van der Waals surface area contributed by atoms with Crippen molar-refractivity contribution in [1.29, 1.82) is 0 Å². The molecule has 0 aromatic carbocycles. The molecule has 54 valence electrons. The molecule has 0 spiro atoms. The number of hydrogen-bond acceptors (Lipinski definition) is 1. The molecule has 0 aliphatic heterocycles. The van der Waals surface area contributed by atoms with Gasteiger partial charge in [-0.05, 0) is 0 Å². The zero-order valence-electron chi connectivity index (χ0n) is 4.54. The van der Waals surface area contributed by atoms with Gasteiger partial charge in [-0.3, -0.25) is 0 Å². The molecule has 0 aliphatic carbocycles. The van der Waals surface area contributed by atoms with E-state index in [9.17, 15) is 8.78 Å². The fourth-order valence-electron chi connectivity index (χ4n) is 0.423. The quantitative estimate of drug-likeness (QED) is 0.564. The lowest BCUT2D eigenvalue weighted by atomic mass is 10.5.